The fourth-order valence-electron chi connectivity index (χ4n) is 3.53. The SMILES string of the molecule is Cc1cc(C)cc(NC(C[C@@H](O)c2ccc(Br)cc2)(C(=O)OC(C)C)C(C)C)c1. The van der Waals surface area contributed by atoms with Crippen LogP contribution in [0.5, 0.6) is 0 Å². The Morgan fingerprint density at radius 1 is 1.07 bits per heavy atom. The molecule has 0 amide bonds. The molecule has 0 aliphatic rings. The molecule has 2 atom stereocenters. The van der Waals surface area contributed by atoms with Gasteiger partial charge in [-0.2, -0.15) is 0 Å². The molecule has 2 aromatic rings. The maximum Gasteiger partial charge on any atom is 0.332 e. The maximum atomic E-state index is 13.3. The fourth-order valence-corrected chi connectivity index (χ4v) is 3.80. The van der Waals surface area contributed by atoms with E-state index in [1.54, 1.807) is 0 Å². The summed E-state index contributed by atoms with van der Waals surface area (Å²) in [5, 5.41) is 14.5. The number of ether oxygens (including phenoxy) is 1. The van der Waals surface area contributed by atoms with Gasteiger partial charge in [-0.05, 0) is 74.6 Å². The number of aliphatic hydroxyl groups excluding tert-OH is 1. The Hall–Kier alpha value is -1.85. The first-order chi connectivity index (χ1) is 13.5. The first kappa shape index (κ1) is 23.4. The van der Waals surface area contributed by atoms with Crippen LogP contribution in [0.4, 0.5) is 5.69 Å². The second-order valence-electron chi connectivity index (χ2n) is 8.35. The van der Waals surface area contributed by atoms with E-state index in [0.29, 0.717) is 0 Å². The molecule has 1 unspecified atom stereocenters. The first-order valence-corrected chi connectivity index (χ1v) is 10.8. The van der Waals surface area contributed by atoms with Crippen molar-refractivity contribution in [2.45, 2.75) is 65.7 Å². The van der Waals surface area contributed by atoms with Gasteiger partial charge in [-0.25, -0.2) is 4.79 Å². The smallest absolute Gasteiger partial charge is 0.332 e. The van der Waals surface area contributed by atoms with Gasteiger partial charge in [0.05, 0.1) is 12.2 Å². The lowest BCUT2D eigenvalue weighted by molar-refractivity contribution is -0.156. The summed E-state index contributed by atoms with van der Waals surface area (Å²) >= 11 is 3.42. The Morgan fingerprint density at radius 3 is 2.10 bits per heavy atom. The number of hydrogen-bond acceptors (Lipinski definition) is 4. The summed E-state index contributed by atoms with van der Waals surface area (Å²) in [5.74, 6) is -0.461. The van der Waals surface area contributed by atoms with E-state index in [1.807, 2.05) is 77.9 Å². The van der Waals surface area contributed by atoms with Crippen molar-refractivity contribution in [2.75, 3.05) is 5.32 Å². The minimum atomic E-state index is -1.07. The van der Waals surface area contributed by atoms with Crippen molar-refractivity contribution in [3.8, 4) is 0 Å². The van der Waals surface area contributed by atoms with Crippen LogP contribution in [0, 0.1) is 19.8 Å². The summed E-state index contributed by atoms with van der Waals surface area (Å²) in [4.78, 5) is 13.3. The second kappa shape index (κ2) is 9.77. The van der Waals surface area contributed by atoms with Crippen LogP contribution in [0.2, 0.25) is 0 Å². The van der Waals surface area contributed by atoms with Crippen LogP contribution in [-0.2, 0) is 9.53 Å². The van der Waals surface area contributed by atoms with Gasteiger partial charge in [-0.15, -0.1) is 0 Å². The van der Waals surface area contributed by atoms with Crippen LogP contribution in [0.1, 0.15) is 56.9 Å². The molecule has 2 aromatic carbocycles. The Bertz CT molecular complexity index is 812. The molecule has 0 fully saturated rings. The largest absolute Gasteiger partial charge is 0.461 e. The average Bonchev–Trinajstić information content (AvgIpc) is 2.59. The number of aryl methyl sites for hydroxylation is 2. The highest BCUT2D eigenvalue weighted by atomic mass is 79.9. The summed E-state index contributed by atoms with van der Waals surface area (Å²) in [6, 6.07) is 13.6. The van der Waals surface area contributed by atoms with Crippen LogP contribution in [0.25, 0.3) is 0 Å². The molecule has 2 rings (SSSR count). The van der Waals surface area contributed by atoms with Gasteiger partial charge < -0.3 is 15.2 Å². The number of nitrogens with one attached hydrogen (secondary N) is 1. The molecule has 158 valence electrons. The zero-order chi connectivity index (χ0) is 21.8. The lowest BCUT2D eigenvalue weighted by Gasteiger charge is -2.39. The predicted molar refractivity (Wildman–Crippen MR) is 122 cm³/mol. The van der Waals surface area contributed by atoms with Crippen LogP contribution < -0.4 is 5.32 Å². The topological polar surface area (TPSA) is 58.6 Å². The molecule has 29 heavy (non-hydrogen) atoms. The highest BCUT2D eigenvalue weighted by Gasteiger charge is 2.45. The number of anilines is 1. The van der Waals surface area contributed by atoms with Crippen molar-refractivity contribution in [1.82, 2.24) is 0 Å². The maximum absolute atomic E-state index is 13.3. The first-order valence-electron chi connectivity index (χ1n) is 10.0. The number of halogens is 1. The highest BCUT2D eigenvalue weighted by molar-refractivity contribution is 9.10. The van der Waals surface area contributed by atoms with Crippen molar-refractivity contribution in [3.05, 3.63) is 63.6 Å². The summed E-state index contributed by atoms with van der Waals surface area (Å²) in [5.41, 5.74) is 2.75. The molecule has 0 aliphatic heterocycles. The Morgan fingerprint density at radius 2 is 1.62 bits per heavy atom. The zero-order valence-electron chi connectivity index (χ0n) is 18.1. The highest BCUT2D eigenvalue weighted by Crippen LogP contribution is 2.35. The molecule has 5 heteroatoms. The Balaban J connectivity index is 2.46. The summed E-state index contributed by atoms with van der Waals surface area (Å²) in [7, 11) is 0. The van der Waals surface area contributed by atoms with Crippen molar-refractivity contribution < 1.29 is 14.6 Å². The average molecular weight is 462 g/mol. The summed E-state index contributed by atoms with van der Waals surface area (Å²) < 4.78 is 6.59. The van der Waals surface area contributed by atoms with Gasteiger partial charge in [0.25, 0.3) is 0 Å². The molecule has 0 aliphatic carbocycles. The van der Waals surface area contributed by atoms with Crippen molar-refractivity contribution >= 4 is 27.6 Å². The number of rotatable bonds is 8. The lowest BCUT2D eigenvalue weighted by atomic mass is 9.79. The van der Waals surface area contributed by atoms with E-state index in [1.165, 1.54) is 0 Å². The van der Waals surface area contributed by atoms with E-state index in [0.717, 1.165) is 26.9 Å². The van der Waals surface area contributed by atoms with Crippen molar-refractivity contribution in [1.29, 1.82) is 0 Å². The van der Waals surface area contributed by atoms with Crippen molar-refractivity contribution in [2.24, 2.45) is 5.92 Å². The minimum absolute atomic E-state index is 0.111. The van der Waals surface area contributed by atoms with Gasteiger partial charge in [-0.1, -0.05) is 48.0 Å². The molecule has 0 radical (unpaired) electrons. The van der Waals surface area contributed by atoms with E-state index in [9.17, 15) is 9.90 Å². The van der Waals surface area contributed by atoms with Gasteiger partial charge >= 0.3 is 5.97 Å². The third-order valence-electron chi connectivity index (χ3n) is 5.05. The monoisotopic (exact) mass is 461 g/mol. The van der Waals surface area contributed by atoms with Crippen LogP contribution >= 0.6 is 15.9 Å². The standard InChI is InChI=1S/C24H32BrNO3/c1-15(2)24(23(28)29-16(3)4,26-21-12-17(5)11-18(6)13-21)14-22(27)19-7-9-20(25)10-8-19/h7-13,15-16,22,26-27H,14H2,1-6H3/t22-,24?/m1/s1. The number of carbonyl (C=O) groups is 1. The summed E-state index contributed by atoms with van der Waals surface area (Å²) in [6.07, 6.45) is -0.861. The number of benzene rings is 2. The Labute approximate surface area is 182 Å². The molecule has 4 nitrogen and oxygen atoms in total. The van der Waals surface area contributed by atoms with Gasteiger partial charge in [-0.3, -0.25) is 0 Å². The third kappa shape index (κ3) is 6.06. The van der Waals surface area contributed by atoms with Crippen LogP contribution in [0.3, 0.4) is 0 Å². The number of esters is 1. The van der Waals surface area contributed by atoms with E-state index in [-0.39, 0.29) is 24.4 Å². The van der Waals surface area contributed by atoms with Crippen LogP contribution in [-0.4, -0.2) is 22.7 Å². The molecule has 0 spiro atoms. The quantitative estimate of drug-likeness (QED) is 0.476. The van der Waals surface area contributed by atoms with E-state index < -0.39 is 11.6 Å². The number of aliphatic hydroxyl groups is 1. The number of carbonyl (C=O) groups excluding carboxylic acids is 1. The van der Waals surface area contributed by atoms with Crippen LogP contribution in [0.15, 0.2) is 46.9 Å². The van der Waals surface area contributed by atoms with Gasteiger partial charge in [0.1, 0.15) is 5.54 Å². The van der Waals surface area contributed by atoms with Crippen molar-refractivity contribution in [3.63, 3.8) is 0 Å². The fraction of sp³-hybridized carbons (Fsp3) is 0.458. The predicted octanol–water partition coefficient (Wildman–Crippen LogP) is 5.95. The second-order valence-corrected chi connectivity index (χ2v) is 9.27. The Kier molecular flexibility index (Phi) is 7.89. The number of hydrogen-bond donors (Lipinski definition) is 2. The molecule has 2 N–H and O–H groups in total. The molecular formula is C24H32BrNO3. The molecular weight excluding hydrogens is 430 g/mol. The molecule has 0 bridgehead atoms. The summed E-state index contributed by atoms with van der Waals surface area (Å²) in [6.45, 7) is 11.7. The van der Waals surface area contributed by atoms with E-state index in [4.69, 9.17) is 4.74 Å². The van der Waals surface area contributed by atoms with E-state index >= 15 is 0 Å². The van der Waals surface area contributed by atoms with Gasteiger partial charge in [0.15, 0.2) is 0 Å². The van der Waals surface area contributed by atoms with Gasteiger partial charge in [0.2, 0.25) is 0 Å². The van der Waals surface area contributed by atoms with Gasteiger partial charge in [0, 0.05) is 16.6 Å². The molecule has 0 saturated carbocycles. The molecule has 0 saturated heterocycles. The molecule has 0 heterocycles. The third-order valence-corrected chi connectivity index (χ3v) is 5.58. The minimum Gasteiger partial charge on any atom is -0.461 e. The zero-order valence-corrected chi connectivity index (χ0v) is 19.7. The normalized spacial score (nSPS) is 14.6. The van der Waals surface area contributed by atoms with E-state index in [2.05, 4.69) is 27.3 Å². The lowest BCUT2D eigenvalue weighted by Crippen LogP contribution is -2.53. The molecule has 0 aromatic heterocycles.